The Labute approximate surface area is 118 Å². The van der Waals surface area contributed by atoms with Gasteiger partial charge in [0.15, 0.2) is 0 Å². The molecule has 0 spiro atoms. The second kappa shape index (κ2) is 22.1. The predicted octanol–water partition coefficient (Wildman–Crippen LogP) is 1.62. The molecule has 0 aliphatic heterocycles. The van der Waals surface area contributed by atoms with Gasteiger partial charge in [-0.1, -0.05) is 13.3 Å². The van der Waals surface area contributed by atoms with Gasteiger partial charge < -0.3 is 20.1 Å². The van der Waals surface area contributed by atoms with Crippen LogP contribution in [0.5, 0.6) is 0 Å². The highest BCUT2D eigenvalue weighted by Gasteiger charge is 1.88. The number of unbranched alkanes of at least 4 members (excludes halogenated alkanes) is 1. The van der Waals surface area contributed by atoms with Gasteiger partial charge in [0.05, 0.1) is 6.61 Å². The van der Waals surface area contributed by atoms with Crippen molar-refractivity contribution in [1.82, 2.24) is 0 Å². The summed E-state index contributed by atoms with van der Waals surface area (Å²) >= 11 is 0. The maximum atomic E-state index is 10.1. The number of esters is 1. The fourth-order valence-electron chi connectivity index (χ4n) is 0.360. The summed E-state index contributed by atoms with van der Waals surface area (Å²) in [5.74, 6) is -2.68. The maximum Gasteiger partial charge on any atom is 0.302 e. The van der Waals surface area contributed by atoms with Crippen LogP contribution in [0.2, 0.25) is 0 Å². The molecule has 0 aromatic carbocycles. The van der Waals surface area contributed by atoms with Crippen molar-refractivity contribution in [1.29, 1.82) is 0 Å². The van der Waals surface area contributed by atoms with Crippen LogP contribution < -0.4 is 0 Å². The van der Waals surface area contributed by atoms with Crippen molar-refractivity contribution >= 4 is 23.9 Å². The molecule has 0 saturated heterocycles. The molecule has 0 aromatic heterocycles. The Morgan fingerprint density at radius 3 is 1.20 bits per heavy atom. The largest absolute Gasteiger partial charge is 0.481 e. The van der Waals surface area contributed by atoms with Crippen LogP contribution in [0.15, 0.2) is 0 Å². The van der Waals surface area contributed by atoms with E-state index >= 15 is 0 Å². The Hall–Kier alpha value is -2.12. The van der Waals surface area contributed by atoms with Gasteiger partial charge in [-0.2, -0.15) is 0 Å². The van der Waals surface area contributed by atoms with E-state index in [2.05, 4.69) is 11.7 Å². The third kappa shape index (κ3) is 424. The third-order valence-electron chi connectivity index (χ3n) is 0.803. The van der Waals surface area contributed by atoms with Crippen LogP contribution in [0.25, 0.3) is 0 Å². The number of carboxylic acid groups (broad SMARTS) is 3. The molecule has 0 unspecified atom stereocenters. The zero-order valence-electron chi connectivity index (χ0n) is 12.5. The minimum atomic E-state index is -0.833. The summed E-state index contributed by atoms with van der Waals surface area (Å²) in [7, 11) is 0. The third-order valence-corrected chi connectivity index (χ3v) is 0.803. The predicted molar refractivity (Wildman–Crippen MR) is 71.5 cm³/mol. The van der Waals surface area contributed by atoms with E-state index in [-0.39, 0.29) is 5.97 Å². The van der Waals surface area contributed by atoms with Crippen LogP contribution in [-0.4, -0.2) is 45.8 Å². The van der Waals surface area contributed by atoms with Crippen LogP contribution in [0.1, 0.15) is 47.5 Å². The van der Waals surface area contributed by atoms with Gasteiger partial charge in [0.2, 0.25) is 0 Å². The monoisotopic (exact) mass is 296 g/mol. The van der Waals surface area contributed by atoms with Crippen LogP contribution in [0.3, 0.4) is 0 Å². The molecule has 0 aliphatic carbocycles. The fraction of sp³-hybridized carbons (Fsp3) is 0.667. The fourth-order valence-corrected chi connectivity index (χ4v) is 0.360. The first-order valence-electron chi connectivity index (χ1n) is 5.69. The molecule has 0 atom stereocenters. The normalized spacial score (nSPS) is 7.25. The van der Waals surface area contributed by atoms with Gasteiger partial charge in [-0.05, 0) is 6.42 Å². The molecule has 0 radical (unpaired) electrons. The summed E-state index contributed by atoms with van der Waals surface area (Å²) < 4.78 is 4.64. The molecule has 20 heavy (non-hydrogen) atoms. The molecule has 0 rings (SSSR count). The van der Waals surface area contributed by atoms with Crippen molar-refractivity contribution in [2.45, 2.75) is 47.5 Å². The Bertz CT molecular complexity index is 232. The molecule has 0 saturated carbocycles. The van der Waals surface area contributed by atoms with Crippen molar-refractivity contribution in [3.63, 3.8) is 0 Å². The van der Waals surface area contributed by atoms with E-state index in [1.54, 1.807) is 0 Å². The van der Waals surface area contributed by atoms with Gasteiger partial charge in [0.1, 0.15) is 0 Å². The molecule has 120 valence electrons. The standard InChI is InChI=1S/C6H12O2.3C2H4O2/c1-3-4-5-8-6(2)7;3*1-2(3)4/h3-5H2,1-2H3;3*1H3,(H,3,4). The first-order valence-corrected chi connectivity index (χ1v) is 5.69. The van der Waals surface area contributed by atoms with E-state index in [0.717, 1.165) is 33.6 Å². The number of ether oxygens (including phenoxy) is 1. The van der Waals surface area contributed by atoms with Gasteiger partial charge in [0, 0.05) is 27.7 Å². The van der Waals surface area contributed by atoms with E-state index < -0.39 is 17.9 Å². The minimum absolute atomic E-state index is 0.182. The molecular weight excluding hydrogens is 272 g/mol. The molecule has 0 heterocycles. The zero-order valence-corrected chi connectivity index (χ0v) is 12.5. The van der Waals surface area contributed by atoms with Gasteiger partial charge in [-0.15, -0.1) is 0 Å². The number of rotatable bonds is 3. The number of hydrogen-bond donors (Lipinski definition) is 3. The van der Waals surface area contributed by atoms with Gasteiger partial charge in [0.25, 0.3) is 17.9 Å². The van der Waals surface area contributed by atoms with Crippen LogP contribution >= 0.6 is 0 Å². The highest BCUT2D eigenvalue weighted by atomic mass is 16.5. The molecule has 0 aromatic rings. The lowest BCUT2D eigenvalue weighted by molar-refractivity contribution is -0.141. The van der Waals surface area contributed by atoms with Crippen molar-refractivity contribution in [2.24, 2.45) is 0 Å². The first kappa shape index (κ1) is 26.4. The van der Waals surface area contributed by atoms with Crippen LogP contribution in [0, 0.1) is 0 Å². The van der Waals surface area contributed by atoms with Crippen LogP contribution in [0.4, 0.5) is 0 Å². The van der Waals surface area contributed by atoms with Crippen LogP contribution in [-0.2, 0) is 23.9 Å². The van der Waals surface area contributed by atoms with Crippen molar-refractivity contribution in [3.05, 3.63) is 0 Å². The summed E-state index contributed by atoms with van der Waals surface area (Å²) in [4.78, 5) is 37.1. The van der Waals surface area contributed by atoms with Crippen molar-refractivity contribution in [3.8, 4) is 0 Å². The lowest BCUT2D eigenvalue weighted by Gasteiger charge is -1.96. The number of carboxylic acids is 3. The molecule has 3 N–H and O–H groups in total. The summed E-state index contributed by atoms with van der Waals surface area (Å²) in [5, 5.41) is 22.2. The van der Waals surface area contributed by atoms with E-state index in [0.29, 0.717) is 6.61 Å². The topological polar surface area (TPSA) is 138 Å². The molecule has 0 bridgehead atoms. The molecule has 0 aliphatic rings. The van der Waals surface area contributed by atoms with E-state index in [4.69, 9.17) is 29.7 Å². The zero-order chi connectivity index (χ0) is 17.1. The SMILES string of the molecule is CC(=O)O.CC(=O)O.CC(=O)O.CCCCOC(C)=O. The second-order valence-electron chi connectivity index (χ2n) is 3.25. The number of aliphatic carboxylic acids is 3. The summed E-state index contributed by atoms with van der Waals surface area (Å²) in [6.45, 7) is 7.31. The Balaban J connectivity index is -0.0000000917. The molecule has 0 fully saturated rings. The minimum Gasteiger partial charge on any atom is -0.481 e. The van der Waals surface area contributed by atoms with Gasteiger partial charge in [-0.25, -0.2) is 0 Å². The summed E-state index contributed by atoms with van der Waals surface area (Å²) in [5.41, 5.74) is 0. The number of hydrogen-bond acceptors (Lipinski definition) is 5. The Morgan fingerprint density at radius 2 is 1.05 bits per heavy atom. The quantitative estimate of drug-likeness (QED) is 0.527. The highest BCUT2D eigenvalue weighted by Crippen LogP contribution is 1.86. The van der Waals surface area contributed by atoms with Crippen molar-refractivity contribution in [2.75, 3.05) is 6.61 Å². The Kier molecular flexibility index (Phi) is 29.2. The second-order valence-corrected chi connectivity index (χ2v) is 3.25. The average Bonchev–Trinajstić information content (AvgIpc) is 2.14. The smallest absolute Gasteiger partial charge is 0.302 e. The average molecular weight is 296 g/mol. The van der Waals surface area contributed by atoms with E-state index in [1.165, 1.54) is 6.92 Å². The van der Waals surface area contributed by atoms with E-state index in [1.807, 2.05) is 0 Å². The molecular formula is C12H24O8. The van der Waals surface area contributed by atoms with Gasteiger partial charge in [-0.3, -0.25) is 19.2 Å². The molecule has 8 nitrogen and oxygen atoms in total. The number of carbonyl (C=O) groups is 4. The molecule has 8 heteroatoms. The lowest BCUT2D eigenvalue weighted by atomic mass is 10.4. The lowest BCUT2D eigenvalue weighted by Crippen LogP contribution is -1.99. The van der Waals surface area contributed by atoms with Gasteiger partial charge >= 0.3 is 5.97 Å². The maximum absolute atomic E-state index is 10.1. The molecule has 0 amide bonds. The summed E-state index contributed by atoms with van der Waals surface area (Å²) in [6, 6.07) is 0. The summed E-state index contributed by atoms with van der Waals surface area (Å²) in [6.07, 6.45) is 2.05. The van der Waals surface area contributed by atoms with Crippen molar-refractivity contribution < 1.29 is 39.2 Å². The Morgan fingerprint density at radius 1 is 0.800 bits per heavy atom. The highest BCUT2D eigenvalue weighted by molar-refractivity contribution is 5.65. The van der Waals surface area contributed by atoms with E-state index in [9.17, 15) is 4.79 Å². The first-order chi connectivity index (χ1) is 8.97. The number of carbonyl (C=O) groups excluding carboxylic acids is 1.